The van der Waals surface area contributed by atoms with Crippen LogP contribution in [0.4, 0.5) is 0 Å². The largest absolute Gasteiger partial charge is 0.409 e. The number of amidine groups is 1. The second-order valence-electron chi connectivity index (χ2n) is 6.79. The van der Waals surface area contributed by atoms with Crippen LogP contribution >= 0.6 is 0 Å². The molecule has 0 aliphatic heterocycles. The quantitative estimate of drug-likeness (QED) is 0.295. The van der Waals surface area contributed by atoms with Gasteiger partial charge in [0, 0.05) is 33.0 Å². The predicted octanol–water partition coefficient (Wildman–Crippen LogP) is 2.06. The van der Waals surface area contributed by atoms with E-state index >= 15 is 0 Å². The highest BCUT2D eigenvalue weighted by Gasteiger charge is 2.21. The lowest BCUT2D eigenvalue weighted by molar-refractivity contribution is -0.132. The van der Waals surface area contributed by atoms with E-state index in [1.54, 1.807) is 12.0 Å². The molecule has 3 N–H and O–H groups in total. The van der Waals surface area contributed by atoms with Gasteiger partial charge in [0.05, 0.1) is 6.61 Å². The van der Waals surface area contributed by atoms with Gasteiger partial charge in [-0.3, -0.25) is 4.79 Å². The van der Waals surface area contributed by atoms with Crippen molar-refractivity contribution in [3.05, 3.63) is 0 Å². The van der Waals surface area contributed by atoms with E-state index in [4.69, 9.17) is 15.7 Å². The molecule has 1 unspecified atom stereocenters. The number of ether oxygens (including phenoxy) is 1. The monoisotopic (exact) mass is 301 g/mol. The molecule has 21 heavy (non-hydrogen) atoms. The predicted molar refractivity (Wildman–Crippen MR) is 84.3 cm³/mol. The molecule has 0 aliphatic carbocycles. The summed E-state index contributed by atoms with van der Waals surface area (Å²) < 4.78 is 5.04. The fourth-order valence-corrected chi connectivity index (χ4v) is 2.41. The Hall–Kier alpha value is -1.30. The summed E-state index contributed by atoms with van der Waals surface area (Å²) in [5.41, 5.74) is 5.68. The molecule has 6 heteroatoms. The van der Waals surface area contributed by atoms with E-state index in [0.717, 1.165) is 6.42 Å². The first-order valence-electron chi connectivity index (χ1n) is 7.42. The average molecular weight is 301 g/mol. The van der Waals surface area contributed by atoms with Gasteiger partial charge in [-0.25, -0.2) is 0 Å². The number of hydrogen-bond acceptors (Lipinski definition) is 4. The van der Waals surface area contributed by atoms with E-state index < -0.39 is 0 Å². The maximum absolute atomic E-state index is 12.4. The summed E-state index contributed by atoms with van der Waals surface area (Å²) in [5, 5.41) is 11.5. The number of rotatable bonds is 9. The number of nitrogens with two attached hydrogens (primary N) is 1. The van der Waals surface area contributed by atoms with E-state index in [1.807, 2.05) is 0 Å². The highest BCUT2D eigenvalue weighted by Crippen LogP contribution is 2.26. The SMILES string of the molecule is COCCN(CCC(N)=NO)C(=O)CC(C)CC(C)(C)C. The fourth-order valence-electron chi connectivity index (χ4n) is 2.41. The van der Waals surface area contributed by atoms with Crippen molar-refractivity contribution in [2.75, 3.05) is 26.8 Å². The highest BCUT2D eigenvalue weighted by molar-refractivity contribution is 5.81. The minimum atomic E-state index is 0.0922. The molecule has 0 spiro atoms. The molecule has 0 heterocycles. The second kappa shape index (κ2) is 9.60. The minimum Gasteiger partial charge on any atom is -0.409 e. The van der Waals surface area contributed by atoms with Crippen molar-refractivity contribution in [1.82, 2.24) is 4.90 Å². The third kappa shape index (κ3) is 10.1. The van der Waals surface area contributed by atoms with Gasteiger partial charge in [0.2, 0.25) is 5.91 Å². The lowest BCUT2D eigenvalue weighted by atomic mass is 9.84. The topological polar surface area (TPSA) is 88.2 Å². The normalized spacial score (nSPS) is 14.0. The molecule has 0 aromatic heterocycles. The Morgan fingerprint density at radius 3 is 2.48 bits per heavy atom. The zero-order valence-corrected chi connectivity index (χ0v) is 14.1. The fraction of sp³-hybridized carbons (Fsp3) is 0.867. The number of carbonyl (C=O) groups excluding carboxylic acids is 1. The Morgan fingerprint density at radius 2 is 2.00 bits per heavy atom. The number of oxime groups is 1. The minimum absolute atomic E-state index is 0.0922. The average Bonchev–Trinajstić information content (AvgIpc) is 2.35. The maximum atomic E-state index is 12.4. The molecule has 1 atom stereocenters. The highest BCUT2D eigenvalue weighted by atomic mass is 16.5. The molecule has 1 amide bonds. The van der Waals surface area contributed by atoms with Crippen LogP contribution in [0.3, 0.4) is 0 Å². The second-order valence-corrected chi connectivity index (χ2v) is 6.79. The van der Waals surface area contributed by atoms with Crippen LogP contribution in [0.2, 0.25) is 0 Å². The van der Waals surface area contributed by atoms with E-state index in [9.17, 15) is 4.79 Å². The van der Waals surface area contributed by atoms with Crippen molar-refractivity contribution in [1.29, 1.82) is 0 Å². The van der Waals surface area contributed by atoms with E-state index in [0.29, 0.717) is 38.5 Å². The molecule has 0 rings (SSSR count). The van der Waals surface area contributed by atoms with Crippen molar-refractivity contribution in [3.63, 3.8) is 0 Å². The Balaban J connectivity index is 4.49. The molecular weight excluding hydrogens is 270 g/mol. The van der Waals surface area contributed by atoms with Gasteiger partial charge in [0.15, 0.2) is 0 Å². The standard InChI is InChI=1S/C15H31N3O3/c1-12(11-15(2,3)4)10-14(19)18(8-9-21-5)7-6-13(16)17-20/h12,20H,6-11H2,1-5H3,(H2,16,17). The van der Waals surface area contributed by atoms with Crippen molar-refractivity contribution >= 4 is 11.7 Å². The number of nitrogens with zero attached hydrogens (tertiary/aromatic N) is 2. The molecule has 0 fully saturated rings. The first-order chi connectivity index (χ1) is 9.69. The van der Waals surface area contributed by atoms with Gasteiger partial charge in [-0.1, -0.05) is 32.9 Å². The molecule has 0 saturated heterocycles. The Bertz CT molecular complexity index is 338. The molecule has 0 aromatic rings. The van der Waals surface area contributed by atoms with Crippen molar-refractivity contribution < 1.29 is 14.7 Å². The van der Waals surface area contributed by atoms with Crippen LogP contribution in [0.25, 0.3) is 0 Å². The summed E-state index contributed by atoms with van der Waals surface area (Å²) >= 11 is 0. The van der Waals surface area contributed by atoms with Gasteiger partial charge in [-0.05, 0) is 17.8 Å². The summed E-state index contributed by atoms with van der Waals surface area (Å²) in [6.07, 6.45) is 1.87. The first-order valence-corrected chi connectivity index (χ1v) is 7.42. The number of hydrogen-bond donors (Lipinski definition) is 2. The molecule has 124 valence electrons. The van der Waals surface area contributed by atoms with Crippen LogP contribution < -0.4 is 5.73 Å². The van der Waals surface area contributed by atoms with Crippen LogP contribution in [0.1, 0.15) is 47.0 Å². The Kier molecular flexibility index (Phi) is 9.01. The van der Waals surface area contributed by atoms with Gasteiger partial charge in [-0.15, -0.1) is 0 Å². The maximum Gasteiger partial charge on any atom is 0.222 e. The molecule has 6 nitrogen and oxygen atoms in total. The van der Waals surface area contributed by atoms with Gasteiger partial charge >= 0.3 is 0 Å². The van der Waals surface area contributed by atoms with Crippen LogP contribution in [0.5, 0.6) is 0 Å². The third-order valence-electron chi connectivity index (χ3n) is 3.17. The summed E-state index contributed by atoms with van der Waals surface area (Å²) in [6.45, 7) is 10.1. The first kappa shape index (κ1) is 19.7. The smallest absolute Gasteiger partial charge is 0.222 e. The molecule has 0 aromatic carbocycles. The number of carbonyl (C=O) groups is 1. The summed E-state index contributed by atoms with van der Waals surface area (Å²) in [7, 11) is 1.61. The van der Waals surface area contributed by atoms with E-state index in [-0.39, 0.29) is 17.2 Å². The molecule has 0 radical (unpaired) electrons. The van der Waals surface area contributed by atoms with Crippen molar-refractivity contribution in [2.24, 2.45) is 22.2 Å². The Morgan fingerprint density at radius 1 is 1.38 bits per heavy atom. The summed E-state index contributed by atoms with van der Waals surface area (Å²) in [4.78, 5) is 14.1. The van der Waals surface area contributed by atoms with Gasteiger partial charge in [0.1, 0.15) is 5.84 Å². The van der Waals surface area contributed by atoms with Gasteiger partial charge < -0.3 is 20.6 Å². The van der Waals surface area contributed by atoms with Gasteiger partial charge in [-0.2, -0.15) is 0 Å². The molecule has 0 aliphatic rings. The molecule has 0 bridgehead atoms. The molecular formula is C15H31N3O3. The van der Waals surface area contributed by atoms with Crippen molar-refractivity contribution in [2.45, 2.75) is 47.0 Å². The van der Waals surface area contributed by atoms with Crippen LogP contribution in [0.15, 0.2) is 5.16 Å². The summed E-state index contributed by atoms with van der Waals surface area (Å²) in [5.74, 6) is 0.550. The van der Waals surface area contributed by atoms with Crippen molar-refractivity contribution in [3.8, 4) is 0 Å². The van der Waals surface area contributed by atoms with E-state index in [2.05, 4.69) is 32.9 Å². The number of amides is 1. The summed E-state index contributed by atoms with van der Waals surface area (Å²) in [6, 6.07) is 0. The van der Waals surface area contributed by atoms with Crippen LogP contribution in [-0.4, -0.2) is 48.7 Å². The Labute approximate surface area is 128 Å². The van der Waals surface area contributed by atoms with Gasteiger partial charge in [0.25, 0.3) is 0 Å². The third-order valence-corrected chi connectivity index (χ3v) is 3.17. The van der Waals surface area contributed by atoms with Crippen LogP contribution in [-0.2, 0) is 9.53 Å². The lowest BCUT2D eigenvalue weighted by Gasteiger charge is -2.27. The van der Waals surface area contributed by atoms with Crippen LogP contribution in [0, 0.1) is 11.3 Å². The number of methoxy groups -OCH3 is 1. The zero-order chi connectivity index (χ0) is 16.5. The van der Waals surface area contributed by atoms with E-state index in [1.165, 1.54) is 0 Å². The lowest BCUT2D eigenvalue weighted by Crippen LogP contribution is -2.37. The zero-order valence-electron chi connectivity index (χ0n) is 14.1. The molecule has 0 saturated carbocycles.